The molecule has 0 aromatic heterocycles. The maximum atomic E-state index is 12.0. The minimum absolute atomic E-state index is 0.137. The van der Waals surface area contributed by atoms with Crippen LogP contribution in [0.1, 0.15) is 36.7 Å². The Morgan fingerprint density at radius 3 is 2.35 bits per heavy atom. The van der Waals surface area contributed by atoms with E-state index in [1.807, 2.05) is 20.8 Å². The molecule has 0 unspecified atom stereocenters. The topological polar surface area (TPSA) is 58.6 Å². The predicted molar refractivity (Wildman–Crippen MR) is 79.1 cm³/mol. The second-order valence-corrected chi connectivity index (χ2v) is 4.35. The van der Waals surface area contributed by atoms with Gasteiger partial charge in [-0.1, -0.05) is 0 Å². The van der Waals surface area contributed by atoms with Gasteiger partial charge in [0.25, 0.3) is 0 Å². The highest BCUT2D eigenvalue weighted by molar-refractivity contribution is 5.93. The highest BCUT2D eigenvalue weighted by atomic mass is 16.5. The summed E-state index contributed by atoms with van der Waals surface area (Å²) in [7, 11) is 0. The molecule has 1 aromatic carbocycles. The maximum Gasteiger partial charge on any atom is 0.338 e. The molecule has 0 aliphatic carbocycles. The number of carbonyl (C=O) groups excluding carboxylic acids is 2. The Morgan fingerprint density at radius 2 is 1.85 bits per heavy atom. The summed E-state index contributed by atoms with van der Waals surface area (Å²) < 4.78 is 4.94. The Kier molecular flexibility index (Phi) is 6.03. The Hall–Kier alpha value is -2.04. The highest BCUT2D eigenvalue weighted by Gasteiger charge is 2.12. The van der Waals surface area contributed by atoms with E-state index in [2.05, 4.69) is 5.32 Å². The smallest absolute Gasteiger partial charge is 0.338 e. The molecule has 2 amide bonds. The van der Waals surface area contributed by atoms with Gasteiger partial charge in [0, 0.05) is 18.8 Å². The van der Waals surface area contributed by atoms with Crippen molar-refractivity contribution in [3.05, 3.63) is 29.3 Å². The molecule has 0 heterocycles. The number of hydrogen-bond donors (Lipinski definition) is 1. The van der Waals surface area contributed by atoms with Gasteiger partial charge in [-0.3, -0.25) is 0 Å². The van der Waals surface area contributed by atoms with Crippen molar-refractivity contribution in [3.63, 3.8) is 0 Å². The SMILES string of the molecule is CCOC(=O)c1ccc(NC(=O)N(CC)CC)c(C)c1. The lowest BCUT2D eigenvalue weighted by Gasteiger charge is -2.20. The Balaban J connectivity index is 2.83. The van der Waals surface area contributed by atoms with Gasteiger partial charge >= 0.3 is 12.0 Å². The van der Waals surface area contributed by atoms with Crippen LogP contribution in [0.25, 0.3) is 0 Å². The second kappa shape index (κ2) is 7.53. The van der Waals surface area contributed by atoms with Crippen molar-refractivity contribution >= 4 is 17.7 Å². The first kappa shape index (κ1) is 16.0. The molecule has 0 aliphatic rings. The zero-order chi connectivity index (χ0) is 15.1. The molecule has 0 atom stereocenters. The van der Waals surface area contributed by atoms with Crippen molar-refractivity contribution in [2.45, 2.75) is 27.7 Å². The van der Waals surface area contributed by atoms with Crippen molar-refractivity contribution < 1.29 is 14.3 Å². The van der Waals surface area contributed by atoms with Gasteiger partial charge < -0.3 is 15.0 Å². The molecule has 0 spiro atoms. The van der Waals surface area contributed by atoms with Crippen LogP contribution in [0.15, 0.2) is 18.2 Å². The van der Waals surface area contributed by atoms with E-state index < -0.39 is 0 Å². The largest absolute Gasteiger partial charge is 0.462 e. The lowest BCUT2D eigenvalue weighted by atomic mass is 10.1. The standard InChI is InChI=1S/C15H22N2O3/c1-5-17(6-2)15(19)16-13-9-8-12(10-11(13)4)14(18)20-7-3/h8-10H,5-7H2,1-4H3,(H,16,19). The van der Waals surface area contributed by atoms with Gasteiger partial charge in [0.15, 0.2) is 0 Å². The minimum Gasteiger partial charge on any atom is -0.462 e. The molecule has 1 aromatic rings. The molecular weight excluding hydrogens is 256 g/mol. The molecule has 5 nitrogen and oxygen atoms in total. The Morgan fingerprint density at radius 1 is 1.20 bits per heavy atom. The molecule has 110 valence electrons. The van der Waals surface area contributed by atoms with Crippen LogP contribution in [0.2, 0.25) is 0 Å². The van der Waals surface area contributed by atoms with Crippen LogP contribution >= 0.6 is 0 Å². The summed E-state index contributed by atoms with van der Waals surface area (Å²) in [4.78, 5) is 25.3. The van der Waals surface area contributed by atoms with Crippen LogP contribution in [-0.2, 0) is 4.74 Å². The first-order valence-electron chi connectivity index (χ1n) is 6.87. The quantitative estimate of drug-likeness (QED) is 0.842. The molecule has 0 saturated carbocycles. The third-order valence-electron chi connectivity index (χ3n) is 3.03. The van der Waals surface area contributed by atoms with E-state index in [1.54, 1.807) is 30.0 Å². The fourth-order valence-electron chi connectivity index (χ4n) is 1.85. The van der Waals surface area contributed by atoms with E-state index in [0.29, 0.717) is 30.9 Å². The molecule has 0 radical (unpaired) electrons. The molecule has 1 N–H and O–H groups in total. The molecule has 1 rings (SSSR count). The second-order valence-electron chi connectivity index (χ2n) is 4.35. The van der Waals surface area contributed by atoms with Crippen LogP contribution in [0, 0.1) is 6.92 Å². The van der Waals surface area contributed by atoms with Crippen molar-refractivity contribution in [1.29, 1.82) is 0 Å². The van der Waals surface area contributed by atoms with Crippen LogP contribution in [0.4, 0.5) is 10.5 Å². The molecule has 0 saturated heterocycles. The monoisotopic (exact) mass is 278 g/mol. The van der Waals surface area contributed by atoms with Crippen LogP contribution in [0.3, 0.4) is 0 Å². The van der Waals surface area contributed by atoms with Gasteiger partial charge in [0.1, 0.15) is 0 Å². The number of nitrogens with one attached hydrogen (secondary N) is 1. The third kappa shape index (κ3) is 3.98. The lowest BCUT2D eigenvalue weighted by molar-refractivity contribution is 0.0526. The van der Waals surface area contributed by atoms with Crippen molar-refractivity contribution in [2.24, 2.45) is 0 Å². The molecule has 0 bridgehead atoms. The number of anilines is 1. The summed E-state index contributed by atoms with van der Waals surface area (Å²) in [5, 5.41) is 2.85. The number of esters is 1. The van der Waals surface area contributed by atoms with Crippen LogP contribution < -0.4 is 5.32 Å². The average molecular weight is 278 g/mol. The van der Waals surface area contributed by atoms with E-state index >= 15 is 0 Å². The van der Waals surface area contributed by atoms with Gasteiger partial charge in [-0.05, 0) is 51.5 Å². The van der Waals surface area contributed by atoms with Crippen molar-refractivity contribution in [3.8, 4) is 0 Å². The van der Waals surface area contributed by atoms with Crippen molar-refractivity contribution in [2.75, 3.05) is 25.0 Å². The van der Waals surface area contributed by atoms with Gasteiger partial charge in [0.2, 0.25) is 0 Å². The van der Waals surface area contributed by atoms with E-state index in [1.165, 1.54) is 0 Å². The first-order valence-corrected chi connectivity index (χ1v) is 6.87. The van der Waals surface area contributed by atoms with E-state index in [9.17, 15) is 9.59 Å². The molecular formula is C15H22N2O3. The predicted octanol–water partition coefficient (Wildman–Crippen LogP) is 3.05. The Labute approximate surface area is 119 Å². The first-order chi connectivity index (χ1) is 9.53. The number of rotatable bonds is 5. The lowest BCUT2D eigenvalue weighted by Crippen LogP contribution is -2.34. The summed E-state index contributed by atoms with van der Waals surface area (Å²) in [5.41, 5.74) is 2.02. The van der Waals surface area contributed by atoms with Crippen molar-refractivity contribution in [1.82, 2.24) is 4.90 Å². The average Bonchev–Trinajstić information content (AvgIpc) is 2.42. The number of nitrogens with zero attached hydrogens (tertiary/aromatic N) is 1. The number of carbonyl (C=O) groups is 2. The highest BCUT2D eigenvalue weighted by Crippen LogP contribution is 2.17. The number of hydrogen-bond acceptors (Lipinski definition) is 3. The van der Waals surface area contributed by atoms with Gasteiger partial charge in [-0.25, -0.2) is 9.59 Å². The van der Waals surface area contributed by atoms with Crippen LogP contribution in [0.5, 0.6) is 0 Å². The summed E-state index contributed by atoms with van der Waals surface area (Å²) in [5.74, 6) is -0.350. The third-order valence-corrected chi connectivity index (χ3v) is 3.03. The number of urea groups is 1. The molecule has 5 heteroatoms. The van der Waals surface area contributed by atoms with Gasteiger partial charge in [-0.15, -0.1) is 0 Å². The molecule has 0 aliphatic heterocycles. The zero-order valence-corrected chi connectivity index (χ0v) is 12.5. The van der Waals surface area contributed by atoms with Gasteiger partial charge in [-0.2, -0.15) is 0 Å². The molecule has 20 heavy (non-hydrogen) atoms. The molecule has 0 fully saturated rings. The minimum atomic E-state index is -0.350. The fourth-order valence-corrected chi connectivity index (χ4v) is 1.85. The Bertz CT molecular complexity index is 482. The zero-order valence-electron chi connectivity index (χ0n) is 12.5. The summed E-state index contributed by atoms with van der Waals surface area (Å²) in [6.45, 7) is 9.13. The van der Waals surface area contributed by atoms with Gasteiger partial charge in [0.05, 0.1) is 12.2 Å². The summed E-state index contributed by atoms with van der Waals surface area (Å²) >= 11 is 0. The number of aryl methyl sites for hydroxylation is 1. The summed E-state index contributed by atoms with van der Waals surface area (Å²) in [6, 6.07) is 4.96. The van der Waals surface area contributed by atoms with E-state index in [4.69, 9.17) is 4.74 Å². The number of benzene rings is 1. The van der Waals surface area contributed by atoms with E-state index in [0.717, 1.165) is 5.56 Å². The maximum absolute atomic E-state index is 12.0. The fraction of sp³-hybridized carbons (Fsp3) is 0.467. The number of ether oxygens (including phenoxy) is 1. The van der Waals surface area contributed by atoms with Crippen LogP contribution in [-0.4, -0.2) is 36.6 Å². The van der Waals surface area contributed by atoms with E-state index in [-0.39, 0.29) is 12.0 Å². The summed E-state index contributed by atoms with van der Waals surface area (Å²) in [6.07, 6.45) is 0. The number of amides is 2. The normalized spacial score (nSPS) is 10.0.